The molecule has 0 aliphatic carbocycles. The van der Waals surface area contributed by atoms with Gasteiger partial charge in [0.15, 0.2) is 5.82 Å². The average molecular weight is 432 g/mol. The number of fused-ring (bicyclic) bond motifs is 1. The van der Waals surface area contributed by atoms with Crippen LogP contribution in [0.15, 0.2) is 40.9 Å². The molecule has 8 heteroatoms. The molecule has 2 heterocycles. The molecule has 0 atom stereocenters. The third-order valence-corrected chi connectivity index (χ3v) is 5.41. The molecule has 1 N–H and O–H groups in total. The predicted molar refractivity (Wildman–Crippen MR) is 118 cm³/mol. The summed E-state index contributed by atoms with van der Waals surface area (Å²) in [6, 6.07) is 10.7. The van der Waals surface area contributed by atoms with Crippen LogP contribution in [0.1, 0.15) is 63.9 Å². The van der Waals surface area contributed by atoms with E-state index in [2.05, 4.69) is 15.5 Å². The van der Waals surface area contributed by atoms with E-state index in [4.69, 9.17) is 4.52 Å². The Hall–Kier alpha value is -3.81. The molecule has 164 valence electrons. The number of nitrogens with zero attached hydrogens (tertiary/aromatic N) is 3. The van der Waals surface area contributed by atoms with Gasteiger partial charge in [-0.3, -0.25) is 19.3 Å². The molecule has 4 rings (SSSR count). The highest BCUT2D eigenvalue weighted by molar-refractivity contribution is 6.21. The van der Waals surface area contributed by atoms with E-state index >= 15 is 0 Å². The third-order valence-electron chi connectivity index (χ3n) is 5.41. The molecule has 32 heavy (non-hydrogen) atoms. The summed E-state index contributed by atoms with van der Waals surface area (Å²) in [6.07, 6.45) is -0.0285. The zero-order chi connectivity index (χ0) is 23.0. The summed E-state index contributed by atoms with van der Waals surface area (Å²) in [5, 5.41) is 6.88. The van der Waals surface area contributed by atoms with E-state index in [-0.39, 0.29) is 36.6 Å². The van der Waals surface area contributed by atoms with E-state index in [0.717, 1.165) is 16.0 Å². The lowest BCUT2D eigenvalue weighted by atomic mass is 10.1. The zero-order valence-corrected chi connectivity index (χ0v) is 18.4. The highest BCUT2D eigenvalue weighted by Gasteiger charge is 2.35. The first-order valence-electron chi connectivity index (χ1n) is 10.5. The molecule has 2 aromatic carbocycles. The smallest absolute Gasteiger partial charge is 0.261 e. The van der Waals surface area contributed by atoms with Crippen LogP contribution in [0.25, 0.3) is 11.5 Å². The maximum atomic E-state index is 12.7. The average Bonchev–Trinajstić information content (AvgIpc) is 3.33. The van der Waals surface area contributed by atoms with Gasteiger partial charge in [0, 0.05) is 18.9 Å². The van der Waals surface area contributed by atoms with Gasteiger partial charge in [-0.05, 0) is 37.6 Å². The van der Waals surface area contributed by atoms with E-state index in [9.17, 15) is 14.4 Å². The molecule has 1 aromatic heterocycles. The van der Waals surface area contributed by atoms with Gasteiger partial charge in [-0.15, -0.1) is 0 Å². The maximum Gasteiger partial charge on any atom is 0.261 e. The Morgan fingerprint density at radius 1 is 1.06 bits per heavy atom. The molecule has 0 radical (unpaired) electrons. The summed E-state index contributed by atoms with van der Waals surface area (Å²) >= 11 is 0. The first-order chi connectivity index (χ1) is 15.3. The quantitative estimate of drug-likeness (QED) is 0.588. The van der Waals surface area contributed by atoms with Gasteiger partial charge in [-0.25, -0.2) is 0 Å². The van der Waals surface area contributed by atoms with Crippen molar-refractivity contribution in [1.82, 2.24) is 15.0 Å². The van der Waals surface area contributed by atoms with Crippen LogP contribution in [-0.4, -0.2) is 39.3 Å². The van der Waals surface area contributed by atoms with Crippen molar-refractivity contribution in [2.24, 2.45) is 0 Å². The fourth-order valence-corrected chi connectivity index (χ4v) is 3.61. The number of imide groups is 1. The number of benzene rings is 2. The molecular weight excluding hydrogens is 408 g/mol. The number of carbonyl (C=O) groups is 3. The summed E-state index contributed by atoms with van der Waals surface area (Å²) in [5.41, 5.74) is 3.67. The molecule has 0 spiro atoms. The number of hydrogen-bond donors (Lipinski definition) is 1. The molecule has 3 amide bonds. The summed E-state index contributed by atoms with van der Waals surface area (Å²) in [7, 11) is 0. The molecular formula is C24H24N4O4. The van der Waals surface area contributed by atoms with Crippen LogP contribution in [-0.2, 0) is 4.79 Å². The molecule has 1 aliphatic heterocycles. The summed E-state index contributed by atoms with van der Waals surface area (Å²) in [4.78, 5) is 43.5. The van der Waals surface area contributed by atoms with E-state index in [1.54, 1.807) is 24.3 Å². The Labute approximate surface area is 185 Å². The summed E-state index contributed by atoms with van der Waals surface area (Å²) < 4.78 is 5.39. The van der Waals surface area contributed by atoms with Gasteiger partial charge < -0.3 is 9.84 Å². The highest BCUT2D eigenvalue weighted by atomic mass is 16.5. The van der Waals surface area contributed by atoms with Crippen LogP contribution >= 0.6 is 0 Å². The van der Waals surface area contributed by atoms with Crippen LogP contribution in [0, 0.1) is 13.8 Å². The van der Waals surface area contributed by atoms with Crippen molar-refractivity contribution < 1.29 is 18.9 Å². The van der Waals surface area contributed by atoms with Crippen molar-refractivity contribution in [2.75, 3.05) is 11.9 Å². The van der Waals surface area contributed by atoms with Gasteiger partial charge >= 0.3 is 0 Å². The van der Waals surface area contributed by atoms with Crippen molar-refractivity contribution in [3.8, 4) is 11.5 Å². The van der Waals surface area contributed by atoms with E-state index in [1.165, 1.54) is 0 Å². The predicted octanol–water partition coefficient (Wildman–Crippen LogP) is 4.10. The van der Waals surface area contributed by atoms with Gasteiger partial charge in [-0.1, -0.05) is 42.8 Å². The first kappa shape index (κ1) is 21.4. The van der Waals surface area contributed by atoms with Crippen LogP contribution in [0.2, 0.25) is 0 Å². The van der Waals surface area contributed by atoms with Gasteiger partial charge in [0.1, 0.15) is 0 Å². The van der Waals surface area contributed by atoms with Gasteiger partial charge in [0.25, 0.3) is 17.7 Å². The SMILES string of the molecule is Cc1ccc2c(c1)C(=O)N(CCC(=O)Nc1c(C)cccc1-c1nc(C(C)C)no1)C2=O. The number of aryl methyl sites for hydroxylation is 2. The van der Waals surface area contributed by atoms with Gasteiger partial charge in [-0.2, -0.15) is 4.98 Å². The minimum Gasteiger partial charge on any atom is -0.334 e. The Morgan fingerprint density at radius 3 is 2.53 bits per heavy atom. The normalized spacial score (nSPS) is 13.1. The number of para-hydroxylation sites is 1. The van der Waals surface area contributed by atoms with Crippen molar-refractivity contribution in [3.63, 3.8) is 0 Å². The van der Waals surface area contributed by atoms with Crippen molar-refractivity contribution in [3.05, 3.63) is 64.5 Å². The standard InChI is InChI=1S/C24H24N4O4/c1-13(2)21-26-22(32-27-21)17-7-5-6-15(4)20(17)25-19(29)10-11-28-23(30)16-9-8-14(3)12-18(16)24(28)31/h5-9,12-13H,10-11H2,1-4H3,(H,25,29). The highest BCUT2D eigenvalue weighted by Crippen LogP contribution is 2.31. The van der Waals surface area contributed by atoms with Crippen molar-refractivity contribution >= 4 is 23.4 Å². The molecule has 1 aliphatic rings. The van der Waals surface area contributed by atoms with Crippen LogP contribution in [0.3, 0.4) is 0 Å². The lowest BCUT2D eigenvalue weighted by molar-refractivity contribution is -0.116. The third kappa shape index (κ3) is 3.91. The number of carbonyl (C=O) groups excluding carboxylic acids is 3. The summed E-state index contributed by atoms with van der Waals surface area (Å²) in [5.74, 6) is -0.0506. The topological polar surface area (TPSA) is 105 Å². The second kappa shape index (κ2) is 8.37. The van der Waals surface area contributed by atoms with Crippen LogP contribution in [0.5, 0.6) is 0 Å². The second-order valence-electron chi connectivity index (χ2n) is 8.22. The van der Waals surface area contributed by atoms with Crippen LogP contribution < -0.4 is 5.32 Å². The number of amides is 3. The Balaban J connectivity index is 1.48. The number of anilines is 1. The lowest BCUT2D eigenvalue weighted by Gasteiger charge is -2.15. The second-order valence-corrected chi connectivity index (χ2v) is 8.22. The molecule has 0 saturated carbocycles. The van der Waals surface area contributed by atoms with Gasteiger partial charge in [0.05, 0.1) is 22.4 Å². The number of nitrogens with one attached hydrogen (secondary N) is 1. The molecule has 0 saturated heterocycles. The maximum absolute atomic E-state index is 12.7. The number of hydrogen-bond acceptors (Lipinski definition) is 6. The minimum atomic E-state index is -0.374. The largest absolute Gasteiger partial charge is 0.334 e. The Morgan fingerprint density at radius 2 is 1.81 bits per heavy atom. The van der Waals surface area contributed by atoms with Gasteiger partial charge in [0.2, 0.25) is 5.91 Å². The Bertz CT molecular complexity index is 1230. The fraction of sp³-hybridized carbons (Fsp3) is 0.292. The van der Waals surface area contributed by atoms with Crippen LogP contribution in [0.4, 0.5) is 5.69 Å². The zero-order valence-electron chi connectivity index (χ0n) is 18.4. The minimum absolute atomic E-state index is 0.00347. The molecule has 0 bridgehead atoms. The monoisotopic (exact) mass is 432 g/mol. The molecule has 0 fully saturated rings. The molecule has 0 unspecified atom stereocenters. The summed E-state index contributed by atoms with van der Waals surface area (Å²) in [6.45, 7) is 7.66. The molecule has 8 nitrogen and oxygen atoms in total. The molecule has 3 aromatic rings. The fourth-order valence-electron chi connectivity index (χ4n) is 3.61. The lowest BCUT2D eigenvalue weighted by Crippen LogP contribution is -2.33. The number of aromatic nitrogens is 2. The Kier molecular flexibility index (Phi) is 5.61. The first-order valence-corrected chi connectivity index (χ1v) is 10.5. The van der Waals surface area contributed by atoms with E-state index in [1.807, 2.05) is 39.8 Å². The van der Waals surface area contributed by atoms with Crippen molar-refractivity contribution in [2.45, 2.75) is 40.0 Å². The van der Waals surface area contributed by atoms with E-state index in [0.29, 0.717) is 34.1 Å². The van der Waals surface area contributed by atoms with E-state index < -0.39 is 0 Å². The number of rotatable bonds is 6. The van der Waals surface area contributed by atoms with Crippen molar-refractivity contribution in [1.29, 1.82) is 0 Å².